The van der Waals surface area contributed by atoms with Gasteiger partial charge in [0.1, 0.15) is 18.0 Å². The van der Waals surface area contributed by atoms with Gasteiger partial charge in [0, 0.05) is 7.05 Å². The summed E-state index contributed by atoms with van der Waals surface area (Å²) in [7, 11) is 1.89. The summed E-state index contributed by atoms with van der Waals surface area (Å²) < 4.78 is 1.85. The highest BCUT2D eigenvalue weighted by atomic mass is 15.3. The molecule has 2 heterocycles. The number of hydrogen-bond acceptors (Lipinski definition) is 6. The maximum Gasteiger partial charge on any atom is 0.154 e. The fraction of sp³-hybridized carbons (Fsp3) is 0.300. The van der Waals surface area contributed by atoms with E-state index in [4.69, 9.17) is 11.5 Å². The summed E-state index contributed by atoms with van der Waals surface area (Å²) in [5.41, 5.74) is 11.7. The van der Waals surface area contributed by atoms with Gasteiger partial charge in [0.05, 0.1) is 11.7 Å². The van der Waals surface area contributed by atoms with Crippen molar-refractivity contribution in [3.05, 3.63) is 24.3 Å². The van der Waals surface area contributed by atoms with Gasteiger partial charge in [0.2, 0.25) is 0 Å². The van der Waals surface area contributed by atoms with Crippen molar-refractivity contribution in [2.24, 2.45) is 7.05 Å². The normalized spacial score (nSPS) is 12.4. The molecule has 1 atom stereocenters. The highest BCUT2D eigenvalue weighted by Crippen LogP contribution is 2.19. The van der Waals surface area contributed by atoms with Gasteiger partial charge >= 0.3 is 0 Å². The third-order valence-electron chi connectivity index (χ3n) is 2.46. The molecular formula is C10H15N7. The Morgan fingerprint density at radius 1 is 1.35 bits per heavy atom. The number of nitrogens with two attached hydrogens (primary N) is 2. The van der Waals surface area contributed by atoms with Crippen LogP contribution >= 0.6 is 0 Å². The summed E-state index contributed by atoms with van der Waals surface area (Å²) in [5.74, 6) is 1.80. The highest BCUT2D eigenvalue weighted by molar-refractivity contribution is 5.61. The number of pyridine rings is 1. The first-order valence-corrected chi connectivity index (χ1v) is 5.20. The van der Waals surface area contributed by atoms with Crippen LogP contribution in [0.4, 0.5) is 17.3 Å². The lowest BCUT2D eigenvalue weighted by molar-refractivity contribution is 0.716. The number of nitrogens with zero attached hydrogens (tertiary/aromatic N) is 4. The molecule has 2 aromatic rings. The second-order valence-corrected chi connectivity index (χ2v) is 3.84. The molecule has 7 nitrogen and oxygen atoms in total. The number of hydrogen-bond donors (Lipinski definition) is 3. The Hall–Kier alpha value is -2.31. The Morgan fingerprint density at radius 2 is 2.12 bits per heavy atom. The van der Waals surface area contributed by atoms with Crippen molar-refractivity contribution in [1.82, 2.24) is 19.7 Å². The molecule has 0 spiro atoms. The van der Waals surface area contributed by atoms with Crippen molar-refractivity contribution in [3.8, 4) is 0 Å². The van der Waals surface area contributed by atoms with Gasteiger partial charge in [-0.25, -0.2) is 4.98 Å². The SMILES string of the molecule is CC(Nc1ccc(N)c(N)n1)c1nncn1C. The molecule has 0 aliphatic rings. The van der Waals surface area contributed by atoms with Crippen LogP contribution in [0, 0.1) is 0 Å². The molecule has 0 fully saturated rings. The van der Waals surface area contributed by atoms with Gasteiger partial charge in [-0.05, 0) is 19.1 Å². The van der Waals surface area contributed by atoms with Gasteiger partial charge in [0.15, 0.2) is 5.82 Å². The number of nitrogens with one attached hydrogen (secondary N) is 1. The van der Waals surface area contributed by atoms with E-state index in [-0.39, 0.29) is 6.04 Å². The molecule has 5 N–H and O–H groups in total. The Morgan fingerprint density at radius 3 is 2.71 bits per heavy atom. The summed E-state index contributed by atoms with van der Waals surface area (Å²) in [6.45, 7) is 1.97. The number of rotatable bonds is 3. The third-order valence-corrected chi connectivity index (χ3v) is 2.46. The van der Waals surface area contributed by atoms with Crippen molar-refractivity contribution in [3.63, 3.8) is 0 Å². The van der Waals surface area contributed by atoms with Crippen molar-refractivity contribution in [2.45, 2.75) is 13.0 Å². The van der Waals surface area contributed by atoms with Gasteiger partial charge in [-0.3, -0.25) is 0 Å². The van der Waals surface area contributed by atoms with E-state index in [1.807, 2.05) is 18.5 Å². The van der Waals surface area contributed by atoms with Crippen LogP contribution in [0.3, 0.4) is 0 Å². The van der Waals surface area contributed by atoms with E-state index < -0.39 is 0 Å². The molecule has 2 rings (SSSR count). The molecule has 0 radical (unpaired) electrons. The average Bonchev–Trinajstić information content (AvgIpc) is 2.70. The summed E-state index contributed by atoms with van der Waals surface area (Å²) in [5, 5.41) is 11.0. The Balaban J connectivity index is 2.16. The standard InChI is InChI=1S/C10H15N7/c1-6(10-16-13-5-17(10)2)14-8-4-3-7(11)9(12)15-8/h3-6H,11H2,1-2H3,(H3,12,14,15). The fourth-order valence-electron chi connectivity index (χ4n) is 1.54. The molecule has 90 valence electrons. The molecule has 0 aliphatic heterocycles. The Kier molecular flexibility index (Phi) is 2.82. The van der Waals surface area contributed by atoms with E-state index >= 15 is 0 Å². The van der Waals surface area contributed by atoms with Gasteiger partial charge in [-0.15, -0.1) is 10.2 Å². The minimum absolute atomic E-state index is 0.0157. The second-order valence-electron chi connectivity index (χ2n) is 3.84. The van der Waals surface area contributed by atoms with Crippen LogP contribution in [0.5, 0.6) is 0 Å². The maximum atomic E-state index is 5.64. The molecule has 17 heavy (non-hydrogen) atoms. The van der Waals surface area contributed by atoms with Gasteiger partial charge in [-0.1, -0.05) is 0 Å². The molecule has 0 saturated carbocycles. The topological polar surface area (TPSA) is 108 Å². The number of aryl methyl sites for hydroxylation is 1. The third kappa shape index (κ3) is 2.27. The lowest BCUT2D eigenvalue weighted by Crippen LogP contribution is -2.13. The molecule has 7 heteroatoms. The lowest BCUT2D eigenvalue weighted by atomic mass is 10.3. The predicted molar refractivity (Wildman–Crippen MR) is 66.1 cm³/mol. The summed E-state index contributed by atoms with van der Waals surface area (Å²) in [6.07, 6.45) is 1.65. The summed E-state index contributed by atoms with van der Waals surface area (Å²) >= 11 is 0. The first-order valence-electron chi connectivity index (χ1n) is 5.20. The minimum Gasteiger partial charge on any atom is -0.396 e. The monoisotopic (exact) mass is 233 g/mol. The zero-order valence-electron chi connectivity index (χ0n) is 9.75. The van der Waals surface area contributed by atoms with E-state index in [0.29, 0.717) is 17.3 Å². The largest absolute Gasteiger partial charge is 0.396 e. The van der Waals surface area contributed by atoms with Crippen LogP contribution in [-0.2, 0) is 7.05 Å². The van der Waals surface area contributed by atoms with E-state index in [9.17, 15) is 0 Å². The zero-order valence-corrected chi connectivity index (χ0v) is 9.75. The second kappa shape index (κ2) is 4.28. The molecule has 0 saturated heterocycles. The summed E-state index contributed by atoms with van der Waals surface area (Å²) in [6, 6.07) is 3.48. The van der Waals surface area contributed by atoms with Crippen LogP contribution in [-0.4, -0.2) is 19.7 Å². The average molecular weight is 233 g/mol. The van der Waals surface area contributed by atoms with Gasteiger partial charge in [-0.2, -0.15) is 0 Å². The molecular weight excluding hydrogens is 218 g/mol. The van der Waals surface area contributed by atoms with Crippen molar-refractivity contribution >= 4 is 17.3 Å². The van der Waals surface area contributed by atoms with Crippen LogP contribution < -0.4 is 16.8 Å². The molecule has 0 amide bonds. The molecule has 0 aliphatic carbocycles. The predicted octanol–water partition coefficient (Wildman–Crippen LogP) is 0.548. The van der Waals surface area contributed by atoms with E-state index in [1.165, 1.54) is 0 Å². The zero-order chi connectivity index (χ0) is 12.4. The number of nitrogen functional groups attached to an aromatic ring is 2. The fourth-order valence-corrected chi connectivity index (χ4v) is 1.54. The lowest BCUT2D eigenvalue weighted by Gasteiger charge is -2.14. The molecule has 1 unspecified atom stereocenters. The molecule has 0 aromatic carbocycles. The van der Waals surface area contributed by atoms with Crippen LogP contribution in [0.1, 0.15) is 18.8 Å². The van der Waals surface area contributed by atoms with Crippen molar-refractivity contribution < 1.29 is 0 Å². The van der Waals surface area contributed by atoms with E-state index in [1.54, 1.807) is 18.5 Å². The quantitative estimate of drug-likeness (QED) is 0.714. The maximum absolute atomic E-state index is 5.64. The minimum atomic E-state index is -0.0157. The highest BCUT2D eigenvalue weighted by Gasteiger charge is 2.11. The van der Waals surface area contributed by atoms with Crippen LogP contribution in [0.25, 0.3) is 0 Å². The molecule has 2 aromatic heterocycles. The van der Waals surface area contributed by atoms with Gasteiger partial charge < -0.3 is 21.4 Å². The summed E-state index contributed by atoms with van der Waals surface area (Å²) in [4.78, 5) is 4.14. The first kappa shape index (κ1) is 11.2. The molecule has 0 bridgehead atoms. The number of aromatic nitrogens is 4. The van der Waals surface area contributed by atoms with E-state index in [2.05, 4.69) is 20.5 Å². The van der Waals surface area contributed by atoms with Crippen LogP contribution in [0.15, 0.2) is 18.5 Å². The Bertz CT molecular complexity index is 519. The number of anilines is 3. The van der Waals surface area contributed by atoms with Gasteiger partial charge in [0.25, 0.3) is 0 Å². The van der Waals surface area contributed by atoms with E-state index in [0.717, 1.165) is 5.82 Å². The van der Waals surface area contributed by atoms with Crippen LogP contribution in [0.2, 0.25) is 0 Å². The van der Waals surface area contributed by atoms with Crippen molar-refractivity contribution in [2.75, 3.05) is 16.8 Å². The van der Waals surface area contributed by atoms with Crippen molar-refractivity contribution in [1.29, 1.82) is 0 Å². The Labute approximate surface area is 98.9 Å². The first-order chi connectivity index (χ1) is 8.08. The smallest absolute Gasteiger partial charge is 0.154 e.